The van der Waals surface area contributed by atoms with E-state index in [2.05, 4.69) is 0 Å². The maximum Gasteiger partial charge on any atom is 0.323 e. The van der Waals surface area contributed by atoms with Crippen LogP contribution in [-0.2, 0) is 9.59 Å². The molecule has 21 heavy (non-hydrogen) atoms. The molecule has 0 spiro atoms. The van der Waals surface area contributed by atoms with Gasteiger partial charge in [0, 0.05) is 0 Å². The number of carboxylic acids is 1. The van der Waals surface area contributed by atoms with Crippen molar-refractivity contribution >= 4 is 23.5 Å². The lowest BCUT2D eigenvalue weighted by molar-refractivity contribution is -0.385. The third kappa shape index (κ3) is 4.23. The van der Waals surface area contributed by atoms with Crippen LogP contribution >= 0.6 is 0 Å². The van der Waals surface area contributed by atoms with Gasteiger partial charge in [0.2, 0.25) is 5.91 Å². The zero-order valence-electron chi connectivity index (χ0n) is 10.5. The SMILES string of the molecule is NC(=O)CN(CC(=O)O)C(=O)c1ccc(F)cc1[N+](=O)[O-]. The van der Waals surface area contributed by atoms with Gasteiger partial charge in [0.25, 0.3) is 11.6 Å². The topological polar surface area (TPSA) is 144 Å². The minimum Gasteiger partial charge on any atom is -0.480 e. The number of hydrogen-bond donors (Lipinski definition) is 2. The summed E-state index contributed by atoms with van der Waals surface area (Å²) in [7, 11) is 0. The minimum absolute atomic E-state index is 0.519. The normalized spacial score (nSPS) is 9.95. The van der Waals surface area contributed by atoms with Crippen molar-refractivity contribution in [3.05, 3.63) is 39.7 Å². The number of carboxylic acid groups (broad SMARTS) is 1. The fourth-order valence-electron chi connectivity index (χ4n) is 1.56. The van der Waals surface area contributed by atoms with E-state index in [1.54, 1.807) is 0 Å². The first-order chi connectivity index (χ1) is 9.72. The monoisotopic (exact) mass is 299 g/mol. The predicted molar refractivity (Wildman–Crippen MR) is 65.8 cm³/mol. The van der Waals surface area contributed by atoms with E-state index in [0.29, 0.717) is 11.0 Å². The van der Waals surface area contributed by atoms with Crippen LogP contribution < -0.4 is 5.73 Å². The van der Waals surface area contributed by atoms with Crippen molar-refractivity contribution in [2.75, 3.05) is 13.1 Å². The molecule has 0 radical (unpaired) electrons. The molecule has 0 saturated carbocycles. The molecule has 0 unspecified atom stereocenters. The lowest BCUT2D eigenvalue weighted by Gasteiger charge is -2.18. The van der Waals surface area contributed by atoms with Crippen LogP contribution in [0, 0.1) is 15.9 Å². The summed E-state index contributed by atoms with van der Waals surface area (Å²) in [5.41, 5.74) is 3.52. The van der Waals surface area contributed by atoms with Crippen LogP contribution in [0.2, 0.25) is 0 Å². The van der Waals surface area contributed by atoms with Crippen molar-refractivity contribution in [1.29, 1.82) is 0 Å². The van der Waals surface area contributed by atoms with Crippen molar-refractivity contribution in [3.63, 3.8) is 0 Å². The molecule has 0 heterocycles. The molecule has 0 bridgehead atoms. The standard InChI is InChI=1S/C11H10FN3O6/c12-6-1-2-7(8(3-6)15(20)21)11(19)14(4-9(13)16)5-10(17)18/h1-3H,4-5H2,(H2,13,16)(H,17,18). The number of amides is 2. The highest BCUT2D eigenvalue weighted by Crippen LogP contribution is 2.21. The van der Waals surface area contributed by atoms with Crippen LogP contribution in [0.1, 0.15) is 10.4 Å². The van der Waals surface area contributed by atoms with Crippen molar-refractivity contribution in [1.82, 2.24) is 4.90 Å². The molecule has 0 aliphatic rings. The van der Waals surface area contributed by atoms with Crippen LogP contribution in [0.3, 0.4) is 0 Å². The van der Waals surface area contributed by atoms with Crippen LogP contribution in [0.15, 0.2) is 18.2 Å². The Bertz CT molecular complexity index is 602. The fourth-order valence-corrected chi connectivity index (χ4v) is 1.56. The zero-order chi connectivity index (χ0) is 16.2. The van der Waals surface area contributed by atoms with Crippen molar-refractivity contribution in [3.8, 4) is 0 Å². The number of nitrogens with two attached hydrogens (primary N) is 1. The number of hydrogen-bond acceptors (Lipinski definition) is 5. The van der Waals surface area contributed by atoms with Gasteiger partial charge in [-0.1, -0.05) is 0 Å². The summed E-state index contributed by atoms with van der Waals surface area (Å²) in [4.78, 5) is 43.9. The van der Waals surface area contributed by atoms with Crippen molar-refractivity contribution in [2.24, 2.45) is 5.73 Å². The minimum atomic E-state index is -1.44. The quantitative estimate of drug-likeness (QED) is 0.547. The van der Waals surface area contributed by atoms with Crippen LogP contribution in [0.4, 0.5) is 10.1 Å². The number of carbonyl (C=O) groups excluding carboxylic acids is 2. The molecule has 9 nitrogen and oxygen atoms in total. The first-order valence-electron chi connectivity index (χ1n) is 5.45. The van der Waals surface area contributed by atoms with Gasteiger partial charge in [-0.15, -0.1) is 0 Å². The second kappa shape index (κ2) is 6.41. The van der Waals surface area contributed by atoms with Crippen molar-refractivity contribution < 1.29 is 28.8 Å². The molecule has 0 saturated heterocycles. The average molecular weight is 299 g/mol. The number of nitro groups is 1. The van der Waals surface area contributed by atoms with E-state index in [1.807, 2.05) is 0 Å². The number of carbonyl (C=O) groups is 3. The van der Waals surface area contributed by atoms with E-state index >= 15 is 0 Å². The highest BCUT2D eigenvalue weighted by molar-refractivity contribution is 6.01. The summed E-state index contributed by atoms with van der Waals surface area (Å²) in [6.45, 7) is -1.62. The van der Waals surface area contributed by atoms with Crippen LogP contribution in [-0.4, -0.2) is 45.8 Å². The highest BCUT2D eigenvalue weighted by Gasteiger charge is 2.27. The summed E-state index contributed by atoms with van der Waals surface area (Å²) in [6.07, 6.45) is 0. The van der Waals surface area contributed by atoms with E-state index in [1.165, 1.54) is 0 Å². The molecule has 112 valence electrons. The third-order valence-corrected chi connectivity index (χ3v) is 2.35. The summed E-state index contributed by atoms with van der Waals surface area (Å²) < 4.78 is 13.0. The molecule has 2 amide bonds. The van der Waals surface area contributed by atoms with Gasteiger partial charge in [0.05, 0.1) is 11.0 Å². The van der Waals surface area contributed by atoms with Crippen LogP contribution in [0.5, 0.6) is 0 Å². The second-order valence-electron chi connectivity index (χ2n) is 3.94. The van der Waals surface area contributed by atoms with E-state index < -0.39 is 52.9 Å². The number of rotatable bonds is 6. The second-order valence-corrected chi connectivity index (χ2v) is 3.94. The first-order valence-corrected chi connectivity index (χ1v) is 5.45. The number of primary amides is 1. The number of benzene rings is 1. The lowest BCUT2D eigenvalue weighted by Crippen LogP contribution is -2.41. The molecule has 0 aromatic heterocycles. The Labute approximate surface area is 116 Å². The molecule has 0 aliphatic heterocycles. The number of aliphatic carboxylic acids is 1. The lowest BCUT2D eigenvalue weighted by atomic mass is 10.1. The fraction of sp³-hybridized carbons (Fsp3) is 0.182. The number of nitro benzene ring substituents is 1. The Morgan fingerprint density at radius 1 is 1.33 bits per heavy atom. The molecular weight excluding hydrogens is 289 g/mol. The zero-order valence-corrected chi connectivity index (χ0v) is 10.5. The molecule has 1 aromatic rings. The summed E-state index contributed by atoms with van der Waals surface area (Å²) in [5.74, 6) is -4.47. The van der Waals surface area contributed by atoms with E-state index in [9.17, 15) is 28.9 Å². The molecule has 0 fully saturated rings. The van der Waals surface area contributed by atoms with E-state index in [0.717, 1.165) is 12.1 Å². The Morgan fingerprint density at radius 3 is 2.43 bits per heavy atom. The Kier molecular flexibility index (Phi) is 4.89. The van der Waals surface area contributed by atoms with E-state index in [4.69, 9.17) is 10.8 Å². The Morgan fingerprint density at radius 2 is 1.95 bits per heavy atom. The molecule has 1 rings (SSSR count). The molecule has 0 aliphatic carbocycles. The molecule has 1 aromatic carbocycles. The van der Waals surface area contributed by atoms with Crippen molar-refractivity contribution in [2.45, 2.75) is 0 Å². The first kappa shape index (κ1) is 16.0. The van der Waals surface area contributed by atoms with Gasteiger partial charge in [-0.2, -0.15) is 0 Å². The molecule has 10 heteroatoms. The Balaban J connectivity index is 3.22. The van der Waals surface area contributed by atoms with Gasteiger partial charge < -0.3 is 15.7 Å². The summed E-state index contributed by atoms with van der Waals surface area (Å²) >= 11 is 0. The summed E-state index contributed by atoms with van der Waals surface area (Å²) in [6, 6.07) is 2.17. The van der Waals surface area contributed by atoms with Gasteiger partial charge >= 0.3 is 5.97 Å². The van der Waals surface area contributed by atoms with Gasteiger partial charge in [0.1, 0.15) is 24.5 Å². The molecular formula is C11H10FN3O6. The van der Waals surface area contributed by atoms with E-state index in [-0.39, 0.29) is 0 Å². The summed E-state index contributed by atoms with van der Waals surface area (Å²) in [5, 5.41) is 19.5. The van der Waals surface area contributed by atoms with Gasteiger partial charge in [-0.3, -0.25) is 24.5 Å². The smallest absolute Gasteiger partial charge is 0.323 e. The maximum atomic E-state index is 13.0. The number of halogens is 1. The third-order valence-electron chi connectivity index (χ3n) is 2.35. The highest BCUT2D eigenvalue weighted by atomic mass is 19.1. The largest absolute Gasteiger partial charge is 0.480 e. The Hall–Kier alpha value is -3.04. The molecule has 0 atom stereocenters. The van der Waals surface area contributed by atoms with Gasteiger partial charge in [0.15, 0.2) is 0 Å². The van der Waals surface area contributed by atoms with Gasteiger partial charge in [-0.05, 0) is 12.1 Å². The predicted octanol–water partition coefficient (Wildman–Crippen LogP) is -0.254. The average Bonchev–Trinajstić information content (AvgIpc) is 2.35. The van der Waals surface area contributed by atoms with Crippen LogP contribution in [0.25, 0.3) is 0 Å². The maximum absolute atomic E-state index is 13.0. The number of nitrogens with zero attached hydrogens (tertiary/aromatic N) is 2. The molecule has 3 N–H and O–H groups in total. The van der Waals surface area contributed by atoms with Gasteiger partial charge in [-0.25, -0.2) is 4.39 Å².